The molecular formula is C14H19NO4. The number of phenolic OH excluding ortho intramolecular Hbond substituents is 1. The van der Waals surface area contributed by atoms with Gasteiger partial charge in [0.1, 0.15) is 17.9 Å². The van der Waals surface area contributed by atoms with Crippen molar-refractivity contribution in [1.82, 2.24) is 0 Å². The van der Waals surface area contributed by atoms with Crippen LogP contribution in [0.1, 0.15) is 18.4 Å². The van der Waals surface area contributed by atoms with Crippen LogP contribution in [0.4, 0.5) is 0 Å². The van der Waals surface area contributed by atoms with Crippen molar-refractivity contribution in [3.8, 4) is 5.75 Å². The van der Waals surface area contributed by atoms with Gasteiger partial charge in [-0.25, -0.2) is 0 Å². The number of ether oxygens (including phenoxy) is 2. The predicted molar refractivity (Wildman–Crippen MR) is 69.7 cm³/mol. The Morgan fingerprint density at radius 1 is 1.37 bits per heavy atom. The van der Waals surface area contributed by atoms with E-state index in [0.29, 0.717) is 19.6 Å². The van der Waals surface area contributed by atoms with Crippen LogP contribution in [0.15, 0.2) is 24.3 Å². The maximum Gasteiger partial charge on any atom is 0.323 e. The first kappa shape index (κ1) is 13.8. The van der Waals surface area contributed by atoms with Crippen LogP contribution in [0.5, 0.6) is 5.75 Å². The number of rotatable bonds is 4. The molecule has 0 bridgehead atoms. The van der Waals surface area contributed by atoms with Crippen molar-refractivity contribution in [2.24, 2.45) is 5.73 Å². The van der Waals surface area contributed by atoms with E-state index in [2.05, 4.69) is 0 Å². The average molecular weight is 265 g/mol. The summed E-state index contributed by atoms with van der Waals surface area (Å²) in [6.45, 7) is 1.26. The summed E-state index contributed by atoms with van der Waals surface area (Å²) < 4.78 is 10.6. The molecule has 2 rings (SSSR count). The Bertz CT molecular complexity index is 412. The van der Waals surface area contributed by atoms with Gasteiger partial charge in [0.05, 0.1) is 13.2 Å². The van der Waals surface area contributed by atoms with Crippen LogP contribution >= 0.6 is 0 Å². The van der Waals surface area contributed by atoms with Crippen molar-refractivity contribution in [1.29, 1.82) is 0 Å². The highest BCUT2D eigenvalue weighted by Gasteiger charge is 2.22. The molecule has 0 amide bonds. The van der Waals surface area contributed by atoms with Gasteiger partial charge in [-0.05, 0) is 24.1 Å². The van der Waals surface area contributed by atoms with Gasteiger partial charge >= 0.3 is 5.97 Å². The highest BCUT2D eigenvalue weighted by Crippen LogP contribution is 2.14. The lowest BCUT2D eigenvalue weighted by Gasteiger charge is -2.23. The zero-order valence-corrected chi connectivity index (χ0v) is 10.7. The minimum atomic E-state index is -0.674. The molecule has 0 spiro atoms. The van der Waals surface area contributed by atoms with Gasteiger partial charge in [0.15, 0.2) is 0 Å². The van der Waals surface area contributed by atoms with Crippen molar-refractivity contribution < 1.29 is 19.4 Å². The molecule has 3 N–H and O–H groups in total. The zero-order valence-electron chi connectivity index (χ0n) is 10.7. The fourth-order valence-corrected chi connectivity index (χ4v) is 2.01. The standard InChI is InChI=1S/C14H19NO4/c15-13(9-10-1-3-11(16)4-2-10)14(17)19-12-5-7-18-8-6-12/h1-4,12-13,16H,5-9,15H2/t13-/m0/s1. The molecule has 0 unspecified atom stereocenters. The molecule has 0 radical (unpaired) electrons. The van der Waals surface area contributed by atoms with Gasteiger partial charge in [-0.3, -0.25) is 4.79 Å². The third-order valence-corrected chi connectivity index (χ3v) is 3.15. The lowest BCUT2D eigenvalue weighted by molar-refractivity contribution is -0.154. The molecule has 5 heteroatoms. The van der Waals surface area contributed by atoms with E-state index in [-0.39, 0.29) is 17.8 Å². The van der Waals surface area contributed by atoms with Gasteiger partial charge in [-0.1, -0.05) is 12.1 Å². The third-order valence-electron chi connectivity index (χ3n) is 3.15. The molecule has 104 valence electrons. The number of benzene rings is 1. The van der Waals surface area contributed by atoms with Gasteiger partial charge in [0, 0.05) is 12.8 Å². The fourth-order valence-electron chi connectivity index (χ4n) is 2.01. The number of carbonyl (C=O) groups excluding carboxylic acids is 1. The second kappa shape index (κ2) is 6.54. The lowest BCUT2D eigenvalue weighted by atomic mass is 10.1. The van der Waals surface area contributed by atoms with Crippen LogP contribution in [0.3, 0.4) is 0 Å². The van der Waals surface area contributed by atoms with Crippen LogP contribution < -0.4 is 5.73 Å². The molecule has 1 aliphatic heterocycles. The summed E-state index contributed by atoms with van der Waals surface area (Å²) in [7, 11) is 0. The average Bonchev–Trinajstić information content (AvgIpc) is 2.42. The van der Waals surface area contributed by atoms with E-state index >= 15 is 0 Å². The molecule has 0 saturated carbocycles. The molecule has 0 aromatic heterocycles. The number of esters is 1. The molecule has 1 aromatic carbocycles. The monoisotopic (exact) mass is 265 g/mol. The van der Waals surface area contributed by atoms with Gasteiger partial charge in [-0.2, -0.15) is 0 Å². The topological polar surface area (TPSA) is 81.8 Å². The normalized spacial score (nSPS) is 17.9. The first-order valence-corrected chi connectivity index (χ1v) is 6.47. The predicted octanol–water partition coefficient (Wildman–Crippen LogP) is 0.984. The summed E-state index contributed by atoms with van der Waals surface area (Å²) in [6, 6.07) is 5.97. The van der Waals surface area contributed by atoms with Crippen molar-refractivity contribution in [3.63, 3.8) is 0 Å². The zero-order chi connectivity index (χ0) is 13.7. The Morgan fingerprint density at radius 2 is 2.00 bits per heavy atom. The van der Waals surface area contributed by atoms with Gasteiger partial charge < -0.3 is 20.3 Å². The van der Waals surface area contributed by atoms with Crippen LogP contribution in [0.2, 0.25) is 0 Å². The van der Waals surface area contributed by atoms with E-state index in [1.54, 1.807) is 24.3 Å². The quantitative estimate of drug-likeness (QED) is 0.793. The lowest BCUT2D eigenvalue weighted by Crippen LogP contribution is -2.38. The van der Waals surface area contributed by atoms with E-state index in [0.717, 1.165) is 18.4 Å². The SMILES string of the molecule is N[C@@H](Cc1ccc(O)cc1)C(=O)OC1CCOCC1. The number of hydrogen-bond acceptors (Lipinski definition) is 5. The van der Waals surface area contributed by atoms with Gasteiger partial charge in [0.2, 0.25) is 0 Å². The summed E-state index contributed by atoms with van der Waals surface area (Å²) in [6.07, 6.45) is 1.80. The number of carbonyl (C=O) groups is 1. The Balaban J connectivity index is 1.83. The first-order chi connectivity index (χ1) is 9.15. The number of hydrogen-bond donors (Lipinski definition) is 2. The summed E-state index contributed by atoms with van der Waals surface area (Å²) >= 11 is 0. The number of phenols is 1. The van der Waals surface area contributed by atoms with Crippen LogP contribution in [0, 0.1) is 0 Å². The van der Waals surface area contributed by atoms with Crippen LogP contribution in [-0.2, 0) is 20.7 Å². The maximum absolute atomic E-state index is 11.8. The molecule has 19 heavy (non-hydrogen) atoms. The largest absolute Gasteiger partial charge is 0.508 e. The minimum absolute atomic E-state index is 0.0767. The molecule has 1 heterocycles. The van der Waals surface area contributed by atoms with Gasteiger partial charge in [-0.15, -0.1) is 0 Å². The number of nitrogens with two attached hydrogens (primary N) is 1. The van der Waals surface area contributed by atoms with E-state index < -0.39 is 6.04 Å². The molecule has 1 saturated heterocycles. The summed E-state index contributed by atoms with van der Waals surface area (Å²) in [5, 5.41) is 9.18. The van der Waals surface area contributed by atoms with Crippen molar-refractivity contribution >= 4 is 5.97 Å². The molecular weight excluding hydrogens is 246 g/mol. The summed E-state index contributed by atoms with van der Waals surface area (Å²) in [5.41, 5.74) is 6.73. The third kappa shape index (κ3) is 4.22. The second-order valence-electron chi connectivity index (χ2n) is 4.73. The van der Waals surface area contributed by atoms with E-state index in [4.69, 9.17) is 15.2 Å². The Morgan fingerprint density at radius 3 is 2.63 bits per heavy atom. The second-order valence-corrected chi connectivity index (χ2v) is 4.73. The Kier molecular flexibility index (Phi) is 4.76. The minimum Gasteiger partial charge on any atom is -0.508 e. The summed E-state index contributed by atoms with van der Waals surface area (Å²) in [5.74, 6) is -0.179. The Labute approximate surface area is 112 Å². The highest BCUT2D eigenvalue weighted by molar-refractivity contribution is 5.76. The highest BCUT2D eigenvalue weighted by atomic mass is 16.6. The van der Waals surface area contributed by atoms with Crippen molar-refractivity contribution in [2.75, 3.05) is 13.2 Å². The van der Waals surface area contributed by atoms with Crippen LogP contribution in [-0.4, -0.2) is 36.4 Å². The van der Waals surface area contributed by atoms with Crippen molar-refractivity contribution in [3.05, 3.63) is 29.8 Å². The van der Waals surface area contributed by atoms with Crippen molar-refractivity contribution in [2.45, 2.75) is 31.4 Å². The maximum atomic E-state index is 11.8. The van der Waals surface area contributed by atoms with E-state index in [1.807, 2.05) is 0 Å². The molecule has 1 aromatic rings. The van der Waals surface area contributed by atoms with E-state index in [9.17, 15) is 9.90 Å². The molecule has 1 fully saturated rings. The molecule has 0 aliphatic carbocycles. The number of aromatic hydroxyl groups is 1. The van der Waals surface area contributed by atoms with Crippen LogP contribution in [0.25, 0.3) is 0 Å². The Hall–Kier alpha value is -1.59. The fraction of sp³-hybridized carbons (Fsp3) is 0.500. The van der Waals surface area contributed by atoms with Gasteiger partial charge in [0.25, 0.3) is 0 Å². The molecule has 5 nitrogen and oxygen atoms in total. The smallest absolute Gasteiger partial charge is 0.323 e. The van der Waals surface area contributed by atoms with E-state index in [1.165, 1.54) is 0 Å². The molecule has 1 atom stereocenters. The summed E-state index contributed by atoms with van der Waals surface area (Å²) in [4.78, 5) is 11.8. The first-order valence-electron chi connectivity index (χ1n) is 6.47. The molecule has 1 aliphatic rings.